The fourth-order valence-electron chi connectivity index (χ4n) is 2.60. The van der Waals surface area contributed by atoms with Crippen LogP contribution in [0, 0.1) is 0 Å². The summed E-state index contributed by atoms with van der Waals surface area (Å²) in [6, 6.07) is 7.37. The van der Waals surface area contributed by atoms with Gasteiger partial charge in [-0.1, -0.05) is 12.2 Å². The minimum atomic E-state index is -0.527. The summed E-state index contributed by atoms with van der Waals surface area (Å²) in [5.41, 5.74) is 4.04. The molecule has 2 aromatic heterocycles. The highest BCUT2D eigenvalue weighted by Crippen LogP contribution is 2.17. The molecule has 2 heterocycles. The first-order chi connectivity index (χ1) is 12.9. The Kier molecular flexibility index (Phi) is 4.93. The number of ether oxygens (including phenoxy) is 1. The van der Waals surface area contributed by atoms with Gasteiger partial charge in [-0.15, -0.1) is 0 Å². The minimum Gasteiger partial charge on any atom is -0.497 e. The van der Waals surface area contributed by atoms with E-state index in [2.05, 4.69) is 27.1 Å². The Balaban J connectivity index is 1.99. The molecule has 0 atom stereocenters. The van der Waals surface area contributed by atoms with Gasteiger partial charge in [-0.2, -0.15) is 10.1 Å². The van der Waals surface area contributed by atoms with Gasteiger partial charge in [-0.25, -0.2) is 10.2 Å². The number of nitrogens with one attached hydrogen (secondary N) is 2. The van der Waals surface area contributed by atoms with Crippen LogP contribution in [-0.2, 0) is 13.6 Å². The molecule has 140 valence electrons. The van der Waals surface area contributed by atoms with E-state index in [9.17, 15) is 9.59 Å². The first-order valence-corrected chi connectivity index (χ1v) is 8.17. The van der Waals surface area contributed by atoms with E-state index in [1.807, 2.05) is 31.2 Å². The van der Waals surface area contributed by atoms with Crippen molar-refractivity contribution in [3.8, 4) is 5.75 Å². The van der Waals surface area contributed by atoms with Crippen molar-refractivity contribution in [3.05, 3.63) is 62.8 Å². The normalized spacial score (nSPS) is 11.2. The molecule has 1 aromatic carbocycles. The van der Waals surface area contributed by atoms with E-state index in [1.165, 1.54) is 4.57 Å². The number of benzene rings is 1. The third-order valence-corrected chi connectivity index (χ3v) is 3.93. The fourth-order valence-corrected chi connectivity index (χ4v) is 2.60. The summed E-state index contributed by atoms with van der Waals surface area (Å²) in [6.45, 7) is 6.08. The Morgan fingerprint density at radius 2 is 2.07 bits per heavy atom. The molecule has 0 radical (unpaired) electrons. The number of hydrazone groups is 1. The lowest BCUT2D eigenvalue weighted by Crippen LogP contribution is -2.29. The van der Waals surface area contributed by atoms with Crippen molar-refractivity contribution in [3.63, 3.8) is 0 Å². The van der Waals surface area contributed by atoms with Crippen molar-refractivity contribution in [2.24, 2.45) is 12.1 Å². The van der Waals surface area contributed by atoms with E-state index < -0.39 is 11.2 Å². The van der Waals surface area contributed by atoms with Gasteiger partial charge >= 0.3 is 5.69 Å². The maximum atomic E-state index is 12.3. The molecule has 27 heavy (non-hydrogen) atoms. The highest BCUT2D eigenvalue weighted by molar-refractivity contribution is 5.80. The molecule has 0 bridgehead atoms. The summed E-state index contributed by atoms with van der Waals surface area (Å²) in [4.78, 5) is 30.8. The van der Waals surface area contributed by atoms with Crippen LogP contribution in [0.3, 0.4) is 0 Å². The van der Waals surface area contributed by atoms with Gasteiger partial charge in [0, 0.05) is 13.6 Å². The lowest BCUT2D eigenvalue weighted by molar-refractivity contribution is 0.415. The molecular weight excluding hydrogens is 348 g/mol. The van der Waals surface area contributed by atoms with E-state index in [0.29, 0.717) is 12.5 Å². The maximum Gasteiger partial charge on any atom is 0.329 e. The lowest BCUT2D eigenvalue weighted by Gasteiger charge is -2.07. The van der Waals surface area contributed by atoms with Crippen molar-refractivity contribution in [2.45, 2.75) is 13.5 Å². The zero-order valence-electron chi connectivity index (χ0n) is 15.3. The zero-order chi connectivity index (χ0) is 19.6. The van der Waals surface area contributed by atoms with Crippen molar-refractivity contribution in [1.29, 1.82) is 0 Å². The summed E-state index contributed by atoms with van der Waals surface area (Å²) in [5.74, 6) is 1.09. The van der Waals surface area contributed by atoms with Gasteiger partial charge in [0.15, 0.2) is 11.2 Å². The molecule has 0 aliphatic carbocycles. The third-order valence-electron chi connectivity index (χ3n) is 3.93. The summed E-state index contributed by atoms with van der Waals surface area (Å²) < 4.78 is 8.04. The standard InChI is InChI=1S/C18H20N6O3/c1-11(2)10-24-14-15(23(3)18(26)21-16(14)25)20-17(24)22-19-9-12-5-7-13(27-4)8-6-12/h5-9H,1,10H2,2-4H3,(H,20,22)(H,21,25,26)/b19-9-. The number of nitrogens with zero attached hydrogens (tertiary/aromatic N) is 4. The first kappa shape index (κ1) is 18.2. The van der Waals surface area contributed by atoms with Crippen LogP contribution in [0.25, 0.3) is 11.2 Å². The predicted octanol–water partition coefficient (Wildman–Crippen LogP) is 1.45. The van der Waals surface area contributed by atoms with E-state index in [1.54, 1.807) is 24.9 Å². The number of fused-ring (bicyclic) bond motifs is 1. The van der Waals surface area contributed by atoms with Crippen LogP contribution in [-0.4, -0.2) is 32.4 Å². The Bertz CT molecular complexity index is 1130. The molecule has 0 spiro atoms. The zero-order valence-corrected chi connectivity index (χ0v) is 15.3. The Morgan fingerprint density at radius 3 is 2.70 bits per heavy atom. The van der Waals surface area contributed by atoms with E-state index in [4.69, 9.17) is 4.74 Å². The number of methoxy groups -OCH3 is 1. The SMILES string of the molecule is C=C(C)Cn1c(N/N=C\c2ccc(OC)cc2)nc2c1c(=O)[nH]c(=O)n2C. The second-order valence-electron chi connectivity index (χ2n) is 6.11. The highest BCUT2D eigenvalue weighted by Gasteiger charge is 2.17. The number of rotatable bonds is 6. The Labute approximate surface area is 154 Å². The van der Waals surface area contributed by atoms with Crippen molar-refractivity contribution in [1.82, 2.24) is 19.1 Å². The van der Waals surface area contributed by atoms with Crippen LogP contribution in [0.4, 0.5) is 5.95 Å². The fraction of sp³-hybridized carbons (Fsp3) is 0.222. The molecule has 0 aliphatic rings. The predicted molar refractivity (Wildman–Crippen MR) is 105 cm³/mol. The highest BCUT2D eigenvalue weighted by atomic mass is 16.5. The van der Waals surface area contributed by atoms with Crippen molar-refractivity contribution in [2.75, 3.05) is 12.5 Å². The largest absolute Gasteiger partial charge is 0.497 e. The topological polar surface area (TPSA) is 106 Å². The lowest BCUT2D eigenvalue weighted by atomic mass is 10.2. The molecule has 0 fully saturated rings. The number of anilines is 1. The number of hydrogen-bond acceptors (Lipinski definition) is 6. The summed E-state index contributed by atoms with van der Waals surface area (Å²) >= 11 is 0. The molecular formula is C18H20N6O3. The second kappa shape index (κ2) is 7.32. The second-order valence-corrected chi connectivity index (χ2v) is 6.11. The molecule has 0 aliphatic heterocycles. The van der Waals surface area contributed by atoms with Crippen LogP contribution in [0.15, 0.2) is 51.1 Å². The smallest absolute Gasteiger partial charge is 0.329 e. The number of aromatic nitrogens is 4. The minimum absolute atomic E-state index is 0.271. The molecule has 0 unspecified atom stereocenters. The molecule has 0 amide bonds. The van der Waals surface area contributed by atoms with Gasteiger partial charge in [0.2, 0.25) is 5.95 Å². The van der Waals surface area contributed by atoms with Gasteiger partial charge < -0.3 is 4.74 Å². The Hall–Kier alpha value is -3.62. The molecule has 3 rings (SSSR count). The molecule has 9 nitrogen and oxygen atoms in total. The first-order valence-electron chi connectivity index (χ1n) is 8.17. The number of aryl methyl sites for hydroxylation is 1. The number of H-pyrrole nitrogens is 1. The quantitative estimate of drug-likeness (QED) is 0.389. The van der Waals surface area contributed by atoms with Crippen LogP contribution in [0.2, 0.25) is 0 Å². The summed E-state index contributed by atoms with van der Waals surface area (Å²) in [7, 11) is 3.15. The van der Waals surface area contributed by atoms with Gasteiger partial charge in [-0.05, 0) is 36.8 Å². The van der Waals surface area contributed by atoms with Crippen LogP contribution in [0.1, 0.15) is 12.5 Å². The van der Waals surface area contributed by atoms with E-state index in [-0.39, 0.29) is 11.2 Å². The third kappa shape index (κ3) is 3.66. The number of imidazole rings is 1. The molecule has 0 saturated heterocycles. The van der Waals surface area contributed by atoms with Gasteiger partial charge in [0.25, 0.3) is 5.56 Å². The molecule has 9 heteroatoms. The van der Waals surface area contributed by atoms with Gasteiger partial charge in [-0.3, -0.25) is 18.9 Å². The molecule has 3 aromatic rings. The van der Waals surface area contributed by atoms with Crippen LogP contribution in [0.5, 0.6) is 5.75 Å². The number of hydrogen-bond donors (Lipinski definition) is 2. The average Bonchev–Trinajstić information content (AvgIpc) is 2.99. The van der Waals surface area contributed by atoms with Gasteiger partial charge in [0.1, 0.15) is 5.75 Å². The van der Waals surface area contributed by atoms with Crippen molar-refractivity contribution < 1.29 is 4.74 Å². The number of allylic oxidation sites excluding steroid dienone is 1. The van der Waals surface area contributed by atoms with Crippen LogP contribution < -0.4 is 21.4 Å². The Morgan fingerprint density at radius 1 is 1.37 bits per heavy atom. The van der Waals surface area contributed by atoms with E-state index >= 15 is 0 Å². The summed E-state index contributed by atoms with van der Waals surface area (Å²) in [6.07, 6.45) is 1.62. The van der Waals surface area contributed by atoms with E-state index in [0.717, 1.165) is 16.9 Å². The monoisotopic (exact) mass is 368 g/mol. The van der Waals surface area contributed by atoms with Crippen molar-refractivity contribution >= 4 is 23.3 Å². The van der Waals surface area contributed by atoms with Gasteiger partial charge in [0.05, 0.1) is 13.3 Å². The molecule has 2 N–H and O–H groups in total. The molecule has 0 saturated carbocycles. The summed E-state index contributed by atoms with van der Waals surface area (Å²) in [5, 5.41) is 4.18. The number of aromatic amines is 1. The average molecular weight is 368 g/mol. The van der Waals surface area contributed by atoms with Crippen LogP contribution >= 0.6 is 0 Å². The maximum absolute atomic E-state index is 12.3.